The molecule has 0 heterocycles. The summed E-state index contributed by atoms with van der Waals surface area (Å²) in [5.41, 5.74) is 0. The summed E-state index contributed by atoms with van der Waals surface area (Å²) < 4.78 is 32.7. The van der Waals surface area contributed by atoms with E-state index in [2.05, 4.69) is 29.5 Å². The van der Waals surface area contributed by atoms with Gasteiger partial charge < -0.3 is 28.4 Å². The van der Waals surface area contributed by atoms with Crippen LogP contribution in [0.4, 0.5) is 0 Å². The van der Waals surface area contributed by atoms with Gasteiger partial charge >= 0.3 is 0 Å². The lowest BCUT2D eigenvalue weighted by molar-refractivity contribution is -0.0192. The van der Waals surface area contributed by atoms with E-state index in [1.54, 1.807) is 7.11 Å². The van der Waals surface area contributed by atoms with Gasteiger partial charge in [0.2, 0.25) is 0 Å². The minimum Gasteiger partial charge on any atom is -0.382 e. The zero-order valence-electron chi connectivity index (χ0n) is 13.2. The first-order valence-electron chi connectivity index (χ1n) is 7.28. The summed E-state index contributed by atoms with van der Waals surface area (Å²) in [5, 5.41) is 0. The number of hydrogen-bond acceptors (Lipinski definition) is 6. The average Bonchev–Trinajstić information content (AvgIpc) is 2.50. The number of halogens is 1. The average molecular weight is 420 g/mol. The molecule has 0 bridgehead atoms. The van der Waals surface area contributed by atoms with Gasteiger partial charge in [0.05, 0.1) is 72.2 Å². The Bertz CT molecular complexity index is 196. The van der Waals surface area contributed by atoms with Crippen molar-refractivity contribution in [2.45, 2.75) is 13.0 Å². The molecule has 7 heteroatoms. The fourth-order valence-corrected chi connectivity index (χ4v) is 1.51. The van der Waals surface area contributed by atoms with Crippen LogP contribution in [0.1, 0.15) is 6.92 Å². The monoisotopic (exact) mass is 420 g/mol. The van der Waals surface area contributed by atoms with Crippen molar-refractivity contribution in [2.75, 3.05) is 77.6 Å². The minimum atomic E-state index is 0.293. The van der Waals surface area contributed by atoms with Crippen molar-refractivity contribution >= 4 is 22.6 Å². The van der Waals surface area contributed by atoms with E-state index in [0.29, 0.717) is 72.2 Å². The highest BCUT2D eigenvalue weighted by atomic mass is 127. The first kappa shape index (κ1) is 21.5. The quantitative estimate of drug-likeness (QED) is 0.202. The molecule has 0 aromatic heterocycles. The molecule has 0 aliphatic carbocycles. The molecule has 0 saturated carbocycles. The van der Waals surface area contributed by atoms with Crippen molar-refractivity contribution in [3.63, 3.8) is 0 Å². The molecule has 0 saturated heterocycles. The lowest BCUT2D eigenvalue weighted by Gasteiger charge is -2.10. The molecule has 0 N–H and O–H groups in total. The van der Waals surface area contributed by atoms with E-state index in [0.717, 1.165) is 4.43 Å². The molecular formula is C14H29IO6. The Morgan fingerprint density at radius 2 is 1.05 bits per heavy atom. The number of hydrogen-bond donors (Lipinski definition) is 0. The Kier molecular flexibility index (Phi) is 19.0. The maximum Gasteiger partial charge on any atom is 0.0704 e. The van der Waals surface area contributed by atoms with Crippen molar-refractivity contribution in [1.82, 2.24) is 0 Å². The van der Waals surface area contributed by atoms with Crippen LogP contribution in [0.3, 0.4) is 0 Å². The number of alkyl halides is 1. The number of ether oxygens (including phenoxy) is 6. The van der Waals surface area contributed by atoms with Gasteiger partial charge in [0, 0.05) is 11.5 Å². The molecule has 1 unspecified atom stereocenters. The Hall–Kier alpha value is 0.490. The molecular weight excluding hydrogens is 391 g/mol. The predicted molar refractivity (Wildman–Crippen MR) is 89.5 cm³/mol. The van der Waals surface area contributed by atoms with Crippen molar-refractivity contribution in [3.8, 4) is 0 Å². The summed E-state index contributed by atoms with van der Waals surface area (Å²) in [5.74, 6) is 0. The van der Waals surface area contributed by atoms with Gasteiger partial charge in [-0.25, -0.2) is 0 Å². The molecule has 0 fully saturated rings. The van der Waals surface area contributed by atoms with Crippen LogP contribution in [0, 0.1) is 0 Å². The molecule has 0 aromatic rings. The second kappa shape index (κ2) is 18.5. The first-order valence-corrected chi connectivity index (χ1v) is 8.81. The fraction of sp³-hybridized carbons (Fsp3) is 1.00. The predicted octanol–water partition coefficient (Wildman–Crippen LogP) is 1.54. The van der Waals surface area contributed by atoms with Crippen LogP contribution in [-0.4, -0.2) is 83.7 Å². The van der Waals surface area contributed by atoms with Gasteiger partial charge in [-0.2, -0.15) is 0 Å². The van der Waals surface area contributed by atoms with Gasteiger partial charge in [-0.15, -0.1) is 0 Å². The van der Waals surface area contributed by atoms with E-state index in [-0.39, 0.29) is 0 Å². The molecule has 0 rings (SSSR count). The van der Waals surface area contributed by atoms with Crippen LogP contribution in [0.5, 0.6) is 0 Å². The van der Waals surface area contributed by atoms with Crippen LogP contribution in [0.25, 0.3) is 0 Å². The van der Waals surface area contributed by atoms with Gasteiger partial charge in [0.15, 0.2) is 0 Å². The third-order valence-corrected chi connectivity index (χ3v) is 3.64. The lowest BCUT2D eigenvalue weighted by atomic mass is 10.5. The summed E-state index contributed by atoms with van der Waals surface area (Å²) in [6.07, 6.45) is 0.293. The molecule has 0 radical (unpaired) electrons. The largest absolute Gasteiger partial charge is 0.382 e. The molecule has 0 aliphatic rings. The lowest BCUT2D eigenvalue weighted by Crippen LogP contribution is -2.16. The van der Waals surface area contributed by atoms with Crippen LogP contribution in [0.15, 0.2) is 0 Å². The molecule has 128 valence electrons. The van der Waals surface area contributed by atoms with Gasteiger partial charge in [-0.1, -0.05) is 22.6 Å². The summed E-state index contributed by atoms with van der Waals surface area (Å²) in [4.78, 5) is 0. The van der Waals surface area contributed by atoms with E-state index in [9.17, 15) is 0 Å². The van der Waals surface area contributed by atoms with E-state index in [4.69, 9.17) is 28.4 Å². The van der Waals surface area contributed by atoms with Gasteiger partial charge in [-0.05, 0) is 6.92 Å². The Morgan fingerprint density at radius 3 is 1.43 bits per heavy atom. The maximum absolute atomic E-state index is 5.49. The van der Waals surface area contributed by atoms with E-state index in [1.807, 2.05) is 0 Å². The van der Waals surface area contributed by atoms with E-state index in [1.165, 1.54) is 0 Å². The van der Waals surface area contributed by atoms with Crippen molar-refractivity contribution in [3.05, 3.63) is 0 Å². The summed E-state index contributed by atoms with van der Waals surface area (Å²) >= 11 is 2.30. The SMILES string of the molecule is COCCOCCOCCOCCOCCOC(C)CI. The molecule has 6 nitrogen and oxygen atoms in total. The third-order valence-electron chi connectivity index (χ3n) is 2.40. The third kappa shape index (κ3) is 18.4. The molecule has 0 amide bonds. The number of methoxy groups -OCH3 is 1. The Morgan fingerprint density at radius 1 is 0.667 bits per heavy atom. The molecule has 21 heavy (non-hydrogen) atoms. The van der Waals surface area contributed by atoms with E-state index < -0.39 is 0 Å². The highest BCUT2D eigenvalue weighted by molar-refractivity contribution is 14.1. The second-order valence-corrected chi connectivity index (χ2v) is 5.16. The zero-order chi connectivity index (χ0) is 15.6. The minimum absolute atomic E-state index is 0.293. The number of rotatable bonds is 17. The fourth-order valence-electron chi connectivity index (χ4n) is 1.26. The standard InChI is InChI=1S/C14H29IO6/c1-14(13-15)21-12-11-20-10-9-19-8-7-18-6-5-17-4-3-16-2/h14H,3-13H2,1-2H3. The highest BCUT2D eigenvalue weighted by Gasteiger charge is 1.98. The first-order chi connectivity index (χ1) is 10.3. The summed E-state index contributed by atoms with van der Waals surface area (Å²) in [7, 11) is 1.65. The second-order valence-electron chi connectivity index (χ2n) is 4.28. The van der Waals surface area contributed by atoms with Crippen molar-refractivity contribution in [2.24, 2.45) is 0 Å². The zero-order valence-corrected chi connectivity index (χ0v) is 15.3. The van der Waals surface area contributed by atoms with Crippen molar-refractivity contribution in [1.29, 1.82) is 0 Å². The van der Waals surface area contributed by atoms with Crippen molar-refractivity contribution < 1.29 is 28.4 Å². The Labute approximate surface area is 141 Å². The molecule has 0 aromatic carbocycles. The normalized spacial score (nSPS) is 12.7. The maximum atomic E-state index is 5.49. The molecule has 0 spiro atoms. The topological polar surface area (TPSA) is 55.4 Å². The van der Waals surface area contributed by atoms with Gasteiger partial charge in [0.25, 0.3) is 0 Å². The molecule has 0 aliphatic heterocycles. The van der Waals surface area contributed by atoms with Crippen LogP contribution in [-0.2, 0) is 28.4 Å². The van der Waals surface area contributed by atoms with Gasteiger partial charge in [0.1, 0.15) is 0 Å². The van der Waals surface area contributed by atoms with E-state index >= 15 is 0 Å². The smallest absolute Gasteiger partial charge is 0.0704 e. The molecule has 1 atom stereocenters. The Balaban J connectivity index is 2.96. The summed E-state index contributed by atoms with van der Waals surface area (Å²) in [6, 6.07) is 0. The van der Waals surface area contributed by atoms with Crippen LogP contribution >= 0.6 is 22.6 Å². The van der Waals surface area contributed by atoms with Crippen LogP contribution < -0.4 is 0 Å². The highest BCUT2D eigenvalue weighted by Crippen LogP contribution is 1.95. The van der Waals surface area contributed by atoms with Crippen LogP contribution in [0.2, 0.25) is 0 Å². The summed E-state index contributed by atoms with van der Waals surface area (Å²) in [6.45, 7) is 8.00. The van der Waals surface area contributed by atoms with Gasteiger partial charge in [-0.3, -0.25) is 0 Å².